The number of benzene rings is 8. The highest BCUT2D eigenvalue weighted by Gasteiger charge is 2.20. The van der Waals surface area contributed by atoms with Crippen molar-refractivity contribution < 1.29 is 9.78 Å². The van der Waals surface area contributed by atoms with E-state index in [1.54, 1.807) is 7.11 Å². The molecule has 0 aliphatic rings. The molecule has 0 radical (unpaired) electrons. The Morgan fingerprint density at radius 1 is 0.356 bits per heavy atom. The average molecular weight is 579 g/mol. The first-order valence-corrected chi connectivity index (χ1v) is 15.2. The fourth-order valence-corrected chi connectivity index (χ4v) is 6.72. The minimum Gasteiger partial charge on any atom is -0.338 e. The molecule has 0 N–H and O–H groups in total. The lowest BCUT2D eigenvalue weighted by atomic mass is 9.83. The van der Waals surface area contributed by atoms with E-state index in [-0.39, 0.29) is 0 Å². The molecule has 2 heteroatoms. The Bertz CT molecular complexity index is 2260. The third kappa shape index (κ3) is 4.82. The third-order valence-electron chi connectivity index (χ3n) is 8.67. The summed E-state index contributed by atoms with van der Waals surface area (Å²) in [5, 5.41) is 7.12. The van der Waals surface area contributed by atoms with Gasteiger partial charge in [0.25, 0.3) is 0 Å². The predicted octanol–water partition coefficient (Wildman–Crippen LogP) is 11.8. The van der Waals surface area contributed by atoms with E-state index < -0.39 is 0 Å². The van der Waals surface area contributed by atoms with E-state index in [4.69, 9.17) is 9.78 Å². The quantitative estimate of drug-likeness (QED) is 0.111. The van der Waals surface area contributed by atoms with Crippen LogP contribution in [0, 0.1) is 0 Å². The Morgan fingerprint density at radius 3 is 1.56 bits per heavy atom. The van der Waals surface area contributed by atoms with Crippen LogP contribution in [-0.4, -0.2) is 7.11 Å². The first kappa shape index (κ1) is 26.9. The van der Waals surface area contributed by atoms with Crippen LogP contribution in [0.5, 0.6) is 5.75 Å². The molecular formula is C43H30O2. The Morgan fingerprint density at radius 2 is 0.889 bits per heavy atom. The molecule has 0 heterocycles. The van der Waals surface area contributed by atoms with Crippen molar-refractivity contribution in [3.63, 3.8) is 0 Å². The first-order chi connectivity index (χ1) is 22.3. The third-order valence-corrected chi connectivity index (χ3v) is 8.67. The number of hydrogen-bond donors (Lipinski definition) is 0. The molecule has 8 aromatic carbocycles. The molecule has 0 saturated heterocycles. The van der Waals surface area contributed by atoms with Gasteiger partial charge in [0, 0.05) is 0 Å². The monoisotopic (exact) mass is 578 g/mol. The van der Waals surface area contributed by atoms with Crippen LogP contribution in [0.15, 0.2) is 164 Å². The molecule has 0 atom stereocenters. The molecule has 0 saturated carbocycles. The SMILES string of the molecule is COOc1ccc2c(-c3cccc4ccccc34)c3ccccc3c(-c3cc(-c4ccccc4)cc(-c4ccccc4)c3)c2c1. The van der Waals surface area contributed by atoms with E-state index in [0.29, 0.717) is 5.75 Å². The van der Waals surface area contributed by atoms with Crippen molar-refractivity contribution in [3.8, 4) is 50.3 Å². The lowest BCUT2D eigenvalue weighted by Crippen LogP contribution is -1.95. The summed E-state index contributed by atoms with van der Waals surface area (Å²) >= 11 is 0. The second-order valence-corrected chi connectivity index (χ2v) is 11.3. The van der Waals surface area contributed by atoms with Crippen molar-refractivity contribution in [3.05, 3.63) is 164 Å². The maximum absolute atomic E-state index is 5.62. The fraction of sp³-hybridized carbons (Fsp3) is 0.0233. The van der Waals surface area contributed by atoms with Gasteiger partial charge in [0.1, 0.15) is 0 Å². The zero-order chi connectivity index (χ0) is 30.2. The van der Waals surface area contributed by atoms with Crippen molar-refractivity contribution in [2.75, 3.05) is 7.11 Å². The van der Waals surface area contributed by atoms with Crippen LogP contribution in [-0.2, 0) is 4.89 Å². The molecule has 214 valence electrons. The van der Waals surface area contributed by atoms with E-state index in [0.717, 1.165) is 16.3 Å². The van der Waals surface area contributed by atoms with E-state index in [2.05, 4.69) is 158 Å². The van der Waals surface area contributed by atoms with Gasteiger partial charge in [-0.15, -0.1) is 0 Å². The second-order valence-electron chi connectivity index (χ2n) is 11.3. The molecule has 0 amide bonds. The van der Waals surface area contributed by atoms with Gasteiger partial charge < -0.3 is 4.89 Å². The summed E-state index contributed by atoms with van der Waals surface area (Å²) in [5.41, 5.74) is 9.45. The molecule has 0 aliphatic heterocycles. The van der Waals surface area contributed by atoms with Crippen LogP contribution >= 0.6 is 0 Å². The molecule has 8 aromatic rings. The van der Waals surface area contributed by atoms with Crippen molar-refractivity contribution >= 4 is 32.3 Å². The van der Waals surface area contributed by atoms with Crippen LogP contribution < -0.4 is 4.89 Å². The zero-order valence-electron chi connectivity index (χ0n) is 24.9. The van der Waals surface area contributed by atoms with E-state index in [1.807, 2.05) is 6.07 Å². The highest BCUT2D eigenvalue weighted by atomic mass is 17.2. The van der Waals surface area contributed by atoms with Gasteiger partial charge in [-0.2, -0.15) is 4.89 Å². The molecule has 45 heavy (non-hydrogen) atoms. The summed E-state index contributed by atoms with van der Waals surface area (Å²) in [7, 11) is 1.54. The summed E-state index contributed by atoms with van der Waals surface area (Å²) in [6.45, 7) is 0. The van der Waals surface area contributed by atoms with E-state index in [9.17, 15) is 0 Å². The molecule has 0 aromatic heterocycles. The molecule has 0 aliphatic carbocycles. The van der Waals surface area contributed by atoms with E-state index >= 15 is 0 Å². The van der Waals surface area contributed by atoms with Crippen molar-refractivity contribution in [2.45, 2.75) is 0 Å². The van der Waals surface area contributed by atoms with Gasteiger partial charge in [-0.25, -0.2) is 0 Å². The molecule has 0 fully saturated rings. The maximum atomic E-state index is 5.62. The summed E-state index contributed by atoms with van der Waals surface area (Å²) in [5.74, 6) is 0.660. The topological polar surface area (TPSA) is 18.5 Å². The zero-order valence-corrected chi connectivity index (χ0v) is 24.9. The fourth-order valence-electron chi connectivity index (χ4n) is 6.72. The predicted molar refractivity (Wildman–Crippen MR) is 188 cm³/mol. The van der Waals surface area contributed by atoms with E-state index in [1.165, 1.54) is 60.5 Å². The molecular weight excluding hydrogens is 548 g/mol. The largest absolute Gasteiger partial charge is 0.338 e. The lowest BCUT2D eigenvalue weighted by molar-refractivity contribution is -0.178. The molecule has 0 bridgehead atoms. The molecule has 8 rings (SSSR count). The van der Waals surface area contributed by atoms with Crippen LogP contribution in [0.1, 0.15) is 0 Å². The minimum atomic E-state index is 0.660. The van der Waals surface area contributed by atoms with Crippen molar-refractivity contribution in [1.82, 2.24) is 0 Å². The lowest BCUT2D eigenvalue weighted by Gasteiger charge is -2.20. The highest BCUT2D eigenvalue weighted by Crippen LogP contribution is 2.47. The Balaban J connectivity index is 1.51. The summed E-state index contributed by atoms with van der Waals surface area (Å²) in [4.78, 5) is 10.8. The van der Waals surface area contributed by atoms with Gasteiger partial charge >= 0.3 is 0 Å². The molecule has 0 unspecified atom stereocenters. The van der Waals surface area contributed by atoms with Gasteiger partial charge in [-0.05, 0) is 113 Å². The Labute approximate surface area is 262 Å². The second kappa shape index (κ2) is 11.4. The van der Waals surface area contributed by atoms with Crippen LogP contribution in [0.3, 0.4) is 0 Å². The van der Waals surface area contributed by atoms with Crippen LogP contribution in [0.25, 0.3) is 76.8 Å². The van der Waals surface area contributed by atoms with Gasteiger partial charge in [0.2, 0.25) is 0 Å². The van der Waals surface area contributed by atoms with Gasteiger partial charge in [-0.3, -0.25) is 0 Å². The Kier molecular flexibility index (Phi) is 6.83. The molecule has 2 nitrogen and oxygen atoms in total. The standard InChI is InChI=1S/C43H30O2/c1-44-45-35-23-24-40-41(28-35)42(34-26-32(29-13-4-2-5-14-29)25-33(27-34)30-15-6-3-7-16-30)38-20-10-11-21-39(38)43(40)37-22-12-18-31-17-8-9-19-36(31)37/h2-28H,1H3. The number of rotatable bonds is 6. The van der Waals surface area contributed by atoms with Crippen LogP contribution in [0.2, 0.25) is 0 Å². The normalized spacial score (nSPS) is 11.3. The van der Waals surface area contributed by atoms with Crippen LogP contribution in [0.4, 0.5) is 0 Å². The smallest absolute Gasteiger partial charge is 0.166 e. The summed E-state index contributed by atoms with van der Waals surface area (Å²) in [6.07, 6.45) is 0. The summed E-state index contributed by atoms with van der Waals surface area (Å²) < 4.78 is 0. The minimum absolute atomic E-state index is 0.660. The molecule has 0 spiro atoms. The average Bonchev–Trinajstić information content (AvgIpc) is 3.11. The van der Waals surface area contributed by atoms with Crippen molar-refractivity contribution in [1.29, 1.82) is 0 Å². The first-order valence-electron chi connectivity index (χ1n) is 15.2. The maximum Gasteiger partial charge on any atom is 0.166 e. The highest BCUT2D eigenvalue weighted by molar-refractivity contribution is 6.24. The van der Waals surface area contributed by atoms with Crippen molar-refractivity contribution in [2.24, 2.45) is 0 Å². The van der Waals surface area contributed by atoms with Gasteiger partial charge in [0.15, 0.2) is 5.75 Å². The Hall–Kier alpha value is -5.70. The van der Waals surface area contributed by atoms with Gasteiger partial charge in [0.05, 0.1) is 7.11 Å². The number of hydrogen-bond acceptors (Lipinski definition) is 2. The number of fused-ring (bicyclic) bond motifs is 3. The summed E-state index contributed by atoms with van der Waals surface area (Å²) in [6, 6.07) is 58.5. The van der Waals surface area contributed by atoms with Gasteiger partial charge in [-0.1, -0.05) is 127 Å².